The Morgan fingerprint density at radius 2 is 1.52 bits per heavy atom. The van der Waals surface area contributed by atoms with Gasteiger partial charge in [0, 0.05) is 12.4 Å². The van der Waals surface area contributed by atoms with Crippen LogP contribution in [0.3, 0.4) is 0 Å². The number of nitrogens with zero attached hydrogens (tertiary/aromatic N) is 1. The molecule has 0 saturated carbocycles. The second-order valence-electron chi connectivity index (χ2n) is 4.61. The zero-order valence-electron chi connectivity index (χ0n) is 11.0. The molecule has 1 aromatic heterocycles. The van der Waals surface area contributed by atoms with Gasteiger partial charge in [0.1, 0.15) is 5.75 Å². The van der Waals surface area contributed by atoms with Gasteiger partial charge in [-0.1, -0.05) is 36.4 Å². The van der Waals surface area contributed by atoms with Crippen molar-refractivity contribution in [3.63, 3.8) is 0 Å². The number of carbonyl (C=O) groups excluding carboxylic acids is 1. The van der Waals surface area contributed by atoms with Crippen LogP contribution in [0.2, 0.25) is 0 Å². The predicted octanol–water partition coefficient (Wildman–Crippen LogP) is 1.37. The fourth-order valence-corrected chi connectivity index (χ4v) is 2.05. The lowest BCUT2D eigenvalue weighted by atomic mass is 9.80. The molecule has 0 aliphatic rings. The first-order valence-electron chi connectivity index (χ1n) is 6.38. The third-order valence-corrected chi connectivity index (χ3v) is 3.15. The van der Waals surface area contributed by atoms with Gasteiger partial charge in [-0.3, -0.25) is 4.57 Å². The van der Waals surface area contributed by atoms with Crippen LogP contribution in [0.5, 0.6) is 5.75 Å². The number of hydrogen-bond donors (Lipinski definition) is 2. The van der Waals surface area contributed by atoms with E-state index in [0.29, 0.717) is 11.2 Å². The highest BCUT2D eigenvalue weighted by Crippen LogP contribution is 2.16. The Balaban J connectivity index is 1.79. The molecule has 5 nitrogen and oxygen atoms in total. The zero-order valence-corrected chi connectivity index (χ0v) is 11.0. The first-order chi connectivity index (χ1) is 10.1. The molecule has 0 fully saturated rings. The molecule has 0 saturated heterocycles. The summed E-state index contributed by atoms with van der Waals surface area (Å²) >= 11 is 0. The van der Waals surface area contributed by atoms with E-state index in [9.17, 15) is 4.79 Å². The molecule has 0 bridgehead atoms. The van der Waals surface area contributed by atoms with Gasteiger partial charge in [-0.2, -0.15) is 0 Å². The summed E-state index contributed by atoms with van der Waals surface area (Å²) in [6.07, 6.45) is 2.87. The first-order valence-corrected chi connectivity index (χ1v) is 6.38. The molecule has 104 valence electrons. The Morgan fingerprint density at radius 1 is 0.952 bits per heavy atom. The van der Waals surface area contributed by atoms with E-state index in [1.807, 2.05) is 24.3 Å². The highest BCUT2D eigenvalue weighted by Gasteiger charge is 2.12. The molecule has 2 aromatic carbocycles. The summed E-state index contributed by atoms with van der Waals surface area (Å²) in [6, 6.07) is 13.6. The summed E-state index contributed by atoms with van der Waals surface area (Å²) in [5.74, 6) is 0.335. The molecule has 0 radical (unpaired) electrons. The second-order valence-corrected chi connectivity index (χ2v) is 4.61. The maximum atomic E-state index is 12.0. The van der Waals surface area contributed by atoms with Crippen LogP contribution in [0.15, 0.2) is 60.9 Å². The average Bonchev–Trinajstić information content (AvgIpc) is 2.92. The van der Waals surface area contributed by atoms with Gasteiger partial charge in [-0.15, -0.1) is 0 Å². The van der Waals surface area contributed by atoms with Crippen molar-refractivity contribution in [3.05, 3.63) is 60.9 Å². The fourth-order valence-electron chi connectivity index (χ4n) is 2.05. The highest BCUT2D eigenvalue weighted by molar-refractivity contribution is 6.58. The Bertz CT molecular complexity index is 747. The van der Waals surface area contributed by atoms with Crippen molar-refractivity contribution in [2.24, 2.45) is 0 Å². The van der Waals surface area contributed by atoms with Gasteiger partial charge in [-0.05, 0) is 28.4 Å². The Labute approximate surface area is 121 Å². The number of fused-ring (bicyclic) bond motifs is 1. The maximum Gasteiger partial charge on any atom is 0.488 e. The van der Waals surface area contributed by atoms with E-state index in [-0.39, 0.29) is 0 Å². The summed E-state index contributed by atoms with van der Waals surface area (Å²) in [4.78, 5) is 12.0. The van der Waals surface area contributed by atoms with Crippen LogP contribution < -0.4 is 10.2 Å². The number of ether oxygens (including phenoxy) is 1. The molecular formula is C15H12BNO4. The minimum Gasteiger partial charge on any atom is -0.423 e. The lowest BCUT2D eigenvalue weighted by Crippen LogP contribution is -2.29. The summed E-state index contributed by atoms with van der Waals surface area (Å²) in [5.41, 5.74) is 0.335. The Hall–Kier alpha value is -2.57. The number of carbonyl (C=O) groups is 1. The molecule has 2 N–H and O–H groups in total. The van der Waals surface area contributed by atoms with Crippen LogP contribution in [0.1, 0.15) is 0 Å². The van der Waals surface area contributed by atoms with Crippen molar-refractivity contribution in [2.75, 3.05) is 0 Å². The summed E-state index contributed by atoms with van der Waals surface area (Å²) < 4.78 is 6.60. The molecule has 1 heterocycles. The van der Waals surface area contributed by atoms with Crippen molar-refractivity contribution < 1.29 is 19.6 Å². The molecule has 3 rings (SSSR count). The quantitative estimate of drug-likeness (QED) is 0.696. The number of benzene rings is 2. The van der Waals surface area contributed by atoms with E-state index >= 15 is 0 Å². The predicted molar refractivity (Wildman–Crippen MR) is 79.6 cm³/mol. The van der Waals surface area contributed by atoms with Crippen molar-refractivity contribution in [1.29, 1.82) is 0 Å². The minimum atomic E-state index is -1.54. The number of aromatic nitrogens is 1. The molecule has 21 heavy (non-hydrogen) atoms. The summed E-state index contributed by atoms with van der Waals surface area (Å²) in [7, 11) is -1.54. The lowest BCUT2D eigenvalue weighted by molar-refractivity contribution is 0.202. The van der Waals surface area contributed by atoms with E-state index in [4.69, 9.17) is 14.8 Å². The summed E-state index contributed by atoms with van der Waals surface area (Å²) in [6.45, 7) is 0. The largest absolute Gasteiger partial charge is 0.488 e. The Kier molecular flexibility index (Phi) is 3.47. The third kappa shape index (κ3) is 2.81. The average molecular weight is 281 g/mol. The minimum absolute atomic E-state index is 0.335. The molecule has 0 atom stereocenters. The molecule has 0 spiro atoms. The normalized spacial score (nSPS) is 10.6. The van der Waals surface area contributed by atoms with Gasteiger partial charge in [0.25, 0.3) is 0 Å². The third-order valence-electron chi connectivity index (χ3n) is 3.15. The first kappa shape index (κ1) is 13.4. The SMILES string of the molecule is O=C(Oc1ccc(B(O)O)cc1)n1cc2ccccc2c1. The fraction of sp³-hybridized carbons (Fsp3) is 0. The highest BCUT2D eigenvalue weighted by atomic mass is 16.6. The molecule has 0 aliphatic heterocycles. The molecule has 3 aromatic rings. The standard InChI is InChI=1S/C15H12BNO4/c18-15(17-9-11-3-1-2-4-12(11)10-17)21-14-7-5-13(6-8-14)16(19)20/h1-10,19-20H. The van der Waals surface area contributed by atoms with Crippen LogP contribution in [-0.4, -0.2) is 27.8 Å². The van der Waals surface area contributed by atoms with E-state index in [1.165, 1.54) is 28.8 Å². The Morgan fingerprint density at radius 3 is 2.05 bits per heavy atom. The topological polar surface area (TPSA) is 71.7 Å². The van der Waals surface area contributed by atoms with Crippen molar-refractivity contribution in [1.82, 2.24) is 4.57 Å². The second kappa shape index (κ2) is 5.44. The summed E-state index contributed by atoms with van der Waals surface area (Å²) in [5, 5.41) is 19.9. The molecule has 0 amide bonds. The number of rotatable bonds is 2. The smallest absolute Gasteiger partial charge is 0.423 e. The monoisotopic (exact) mass is 281 g/mol. The molecule has 0 unspecified atom stereocenters. The van der Waals surface area contributed by atoms with Gasteiger partial charge in [0.05, 0.1) is 0 Å². The van der Waals surface area contributed by atoms with Gasteiger partial charge in [0.2, 0.25) is 0 Å². The molecule has 6 heteroatoms. The van der Waals surface area contributed by atoms with E-state index in [0.717, 1.165) is 10.8 Å². The van der Waals surface area contributed by atoms with E-state index < -0.39 is 13.2 Å². The molecule has 0 aliphatic carbocycles. The van der Waals surface area contributed by atoms with Crippen LogP contribution >= 0.6 is 0 Å². The van der Waals surface area contributed by atoms with Gasteiger partial charge >= 0.3 is 13.2 Å². The van der Waals surface area contributed by atoms with Crippen molar-refractivity contribution in [3.8, 4) is 5.75 Å². The molecular weight excluding hydrogens is 269 g/mol. The van der Waals surface area contributed by atoms with E-state index in [2.05, 4.69) is 0 Å². The number of hydrogen-bond acceptors (Lipinski definition) is 4. The van der Waals surface area contributed by atoms with Crippen molar-refractivity contribution >= 4 is 29.4 Å². The van der Waals surface area contributed by atoms with Gasteiger partial charge in [-0.25, -0.2) is 4.79 Å². The van der Waals surface area contributed by atoms with E-state index in [1.54, 1.807) is 12.4 Å². The lowest BCUT2D eigenvalue weighted by Gasteiger charge is -2.05. The van der Waals surface area contributed by atoms with Crippen LogP contribution in [-0.2, 0) is 0 Å². The van der Waals surface area contributed by atoms with Crippen LogP contribution in [0.25, 0.3) is 10.8 Å². The van der Waals surface area contributed by atoms with Gasteiger partial charge in [0.15, 0.2) is 0 Å². The zero-order chi connectivity index (χ0) is 14.8. The van der Waals surface area contributed by atoms with Gasteiger partial charge < -0.3 is 14.8 Å². The maximum absolute atomic E-state index is 12.0. The van der Waals surface area contributed by atoms with Crippen molar-refractivity contribution in [2.45, 2.75) is 0 Å². The van der Waals surface area contributed by atoms with Crippen LogP contribution in [0.4, 0.5) is 4.79 Å². The van der Waals surface area contributed by atoms with Crippen LogP contribution in [0, 0.1) is 0 Å².